The highest BCUT2D eigenvalue weighted by Gasteiger charge is 2.19. The number of nitrogens with zero attached hydrogens (tertiary/aromatic N) is 3. The smallest absolute Gasteiger partial charge is 0.200 e. The maximum absolute atomic E-state index is 12.6. The summed E-state index contributed by atoms with van der Waals surface area (Å²) in [7, 11) is 1.59. The fourth-order valence-corrected chi connectivity index (χ4v) is 3.95. The summed E-state index contributed by atoms with van der Waals surface area (Å²) < 4.78 is 13.4. The van der Waals surface area contributed by atoms with Gasteiger partial charge in [-0.05, 0) is 52.2 Å². The first-order valence-corrected chi connectivity index (χ1v) is 10.2. The summed E-state index contributed by atoms with van der Waals surface area (Å²) >= 11 is 4.79. The largest absolute Gasteiger partial charge is 0.496 e. The number of hydrogen-bond acceptors (Lipinski definition) is 6. The molecule has 3 aromatic rings. The van der Waals surface area contributed by atoms with E-state index < -0.39 is 0 Å². The molecule has 6 nitrogen and oxygen atoms in total. The van der Waals surface area contributed by atoms with Crippen LogP contribution in [-0.4, -0.2) is 33.4 Å². The maximum atomic E-state index is 12.6. The third kappa shape index (κ3) is 4.62. The lowest BCUT2D eigenvalue weighted by Crippen LogP contribution is -2.09. The van der Waals surface area contributed by atoms with Crippen LogP contribution in [0.4, 0.5) is 0 Å². The molecule has 0 unspecified atom stereocenters. The Labute approximate surface area is 170 Å². The van der Waals surface area contributed by atoms with Crippen LogP contribution in [0.5, 0.6) is 5.75 Å². The molecule has 0 aliphatic rings. The Bertz CT molecular complexity index is 922. The average Bonchev–Trinajstić information content (AvgIpc) is 3.29. The number of carbonyl (C=O) groups is 1. The van der Waals surface area contributed by atoms with Gasteiger partial charge in [0.05, 0.1) is 23.6 Å². The zero-order valence-electron chi connectivity index (χ0n) is 15.3. The Hall–Kier alpha value is -2.06. The molecule has 0 saturated heterocycles. The van der Waals surface area contributed by atoms with Gasteiger partial charge >= 0.3 is 0 Å². The second-order valence-electron chi connectivity index (χ2n) is 6.35. The molecular weight excluding hydrogens is 430 g/mol. The first-order chi connectivity index (χ1) is 13.0. The highest BCUT2D eigenvalue weighted by molar-refractivity contribution is 9.10. The SMILES string of the molecule is COc1ccc(C(=O)CSc2nnc(-c3ccco3)n2CC(C)C)cc1Br. The summed E-state index contributed by atoms with van der Waals surface area (Å²) in [6, 6.07) is 8.99. The number of carbonyl (C=O) groups excluding carboxylic acids is 1. The minimum Gasteiger partial charge on any atom is -0.496 e. The number of thioether (sulfide) groups is 1. The summed E-state index contributed by atoms with van der Waals surface area (Å²) in [6.07, 6.45) is 1.61. The molecule has 3 rings (SSSR count). The summed E-state index contributed by atoms with van der Waals surface area (Å²) in [4.78, 5) is 12.6. The fraction of sp³-hybridized carbons (Fsp3) is 0.316. The predicted molar refractivity (Wildman–Crippen MR) is 108 cm³/mol. The number of rotatable bonds is 8. The normalized spacial score (nSPS) is 11.1. The molecule has 27 heavy (non-hydrogen) atoms. The number of aromatic nitrogens is 3. The minimum atomic E-state index is 0.0157. The summed E-state index contributed by atoms with van der Waals surface area (Å²) in [5.41, 5.74) is 0.622. The van der Waals surface area contributed by atoms with Crippen molar-refractivity contribution in [1.29, 1.82) is 0 Å². The van der Waals surface area contributed by atoms with Gasteiger partial charge in [0.2, 0.25) is 0 Å². The average molecular weight is 450 g/mol. The van der Waals surface area contributed by atoms with Crippen LogP contribution in [0.2, 0.25) is 0 Å². The molecule has 0 spiro atoms. The second-order valence-corrected chi connectivity index (χ2v) is 8.15. The van der Waals surface area contributed by atoms with Gasteiger partial charge in [-0.3, -0.25) is 9.36 Å². The van der Waals surface area contributed by atoms with E-state index in [4.69, 9.17) is 9.15 Å². The lowest BCUT2D eigenvalue weighted by atomic mass is 10.1. The lowest BCUT2D eigenvalue weighted by molar-refractivity contribution is 0.102. The Morgan fingerprint density at radius 3 is 2.78 bits per heavy atom. The van der Waals surface area contributed by atoms with Gasteiger partial charge in [-0.25, -0.2) is 0 Å². The van der Waals surface area contributed by atoms with Crippen LogP contribution in [0, 0.1) is 5.92 Å². The summed E-state index contributed by atoms with van der Waals surface area (Å²) in [5, 5.41) is 9.24. The third-order valence-electron chi connectivity index (χ3n) is 3.81. The van der Waals surface area contributed by atoms with Crippen molar-refractivity contribution >= 4 is 33.5 Å². The zero-order valence-corrected chi connectivity index (χ0v) is 17.7. The van der Waals surface area contributed by atoms with Gasteiger partial charge in [-0.1, -0.05) is 25.6 Å². The first kappa shape index (κ1) is 19.7. The molecule has 1 aromatic carbocycles. The predicted octanol–water partition coefficient (Wildman–Crippen LogP) is 4.94. The molecule has 0 amide bonds. The Balaban J connectivity index is 1.77. The van der Waals surface area contributed by atoms with Crippen molar-refractivity contribution < 1.29 is 13.9 Å². The molecule has 0 N–H and O–H groups in total. The molecule has 0 bridgehead atoms. The van der Waals surface area contributed by atoms with Gasteiger partial charge in [-0.2, -0.15) is 0 Å². The van der Waals surface area contributed by atoms with Crippen molar-refractivity contribution in [2.75, 3.05) is 12.9 Å². The van der Waals surface area contributed by atoms with Crippen LogP contribution in [-0.2, 0) is 6.54 Å². The number of ether oxygens (including phenoxy) is 1. The van der Waals surface area contributed by atoms with E-state index in [1.807, 2.05) is 16.7 Å². The highest BCUT2D eigenvalue weighted by atomic mass is 79.9. The van der Waals surface area contributed by atoms with E-state index in [-0.39, 0.29) is 11.5 Å². The Morgan fingerprint density at radius 1 is 1.33 bits per heavy atom. The van der Waals surface area contributed by atoms with Gasteiger partial charge in [0.15, 0.2) is 22.5 Å². The van der Waals surface area contributed by atoms with Crippen LogP contribution in [0.3, 0.4) is 0 Å². The highest BCUT2D eigenvalue weighted by Crippen LogP contribution is 2.28. The van der Waals surface area contributed by atoms with E-state index >= 15 is 0 Å². The van der Waals surface area contributed by atoms with Crippen molar-refractivity contribution in [3.63, 3.8) is 0 Å². The molecule has 2 aromatic heterocycles. The number of methoxy groups -OCH3 is 1. The van der Waals surface area contributed by atoms with E-state index in [2.05, 4.69) is 40.0 Å². The van der Waals surface area contributed by atoms with Crippen LogP contribution < -0.4 is 4.74 Å². The Morgan fingerprint density at radius 2 is 2.15 bits per heavy atom. The molecule has 0 fully saturated rings. The van der Waals surface area contributed by atoms with Crippen LogP contribution in [0.25, 0.3) is 11.6 Å². The fourth-order valence-electron chi connectivity index (χ4n) is 2.57. The van der Waals surface area contributed by atoms with Gasteiger partial charge in [-0.15, -0.1) is 10.2 Å². The van der Waals surface area contributed by atoms with E-state index in [1.54, 1.807) is 31.6 Å². The molecular formula is C19H20BrN3O3S. The third-order valence-corrected chi connectivity index (χ3v) is 5.40. The molecule has 0 saturated carbocycles. The summed E-state index contributed by atoms with van der Waals surface area (Å²) in [6.45, 7) is 4.99. The molecule has 8 heteroatoms. The van der Waals surface area contributed by atoms with E-state index in [9.17, 15) is 4.79 Å². The van der Waals surface area contributed by atoms with Gasteiger partial charge in [0.1, 0.15) is 5.75 Å². The molecule has 0 aliphatic carbocycles. The van der Waals surface area contributed by atoms with Gasteiger partial charge < -0.3 is 9.15 Å². The molecule has 0 radical (unpaired) electrons. The number of Topliss-reactive ketones (excluding diaryl/α,β-unsaturated/α-hetero) is 1. The second kappa shape index (κ2) is 8.75. The first-order valence-electron chi connectivity index (χ1n) is 8.46. The van der Waals surface area contributed by atoms with Crippen molar-refractivity contribution in [3.8, 4) is 17.3 Å². The number of benzene rings is 1. The molecule has 142 valence electrons. The maximum Gasteiger partial charge on any atom is 0.200 e. The van der Waals surface area contributed by atoms with Crippen molar-refractivity contribution in [2.45, 2.75) is 25.5 Å². The Kier molecular flexibility index (Phi) is 6.38. The monoisotopic (exact) mass is 449 g/mol. The number of furan rings is 1. The minimum absolute atomic E-state index is 0.0157. The van der Waals surface area contributed by atoms with Crippen LogP contribution >= 0.6 is 27.7 Å². The van der Waals surface area contributed by atoms with Crippen molar-refractivity contribution in [1.82, 2.24) is 14.8 Å². The quantitative estimate of drug-likeness (QED) is 0.358. The standard InChI is InChI=1S/C19H20BrN3O3S/c1-12(2)10-23-18(17-5-4-8-26-17)21-22-19(23)27-11-15(24)13-6-7-16(25-3)14(20)9-13/h4-9,12H,10-11H2,1-3H3. The van der Waals surface area contributed by atoms with E-state index in [0.717, 1.165) is 11.0 Å². The summed E-state index contributed by atoms with van der Waals surface area (Å²) in [5.74, 6) is 2.73. The van der Waals surface area contributed by atoms with E-state index in [0.29, 0.717) is 34.0 Å². The molecule has 2 heterocycles. The van der Waals surface area contributed by atoms with Crippen LogP contribution in [0.15, 0.2) is 50.6 Å². The topological polar surface area (TPSA) is 70.2 Å². The number of halogens is 1. The number of hydrogen-bond donors (Lipinski definition) is 0. The molecule has 0 aliphatic heterocycles. The van der Waals surface area contributed by atoms with Crippen molar-refractivity contribution in [2.24, 2.45) is 5.92 Å². The van der Waals surface area contributed by atoms with E-state index in [1.165, 1.54) is 11.8 Å². The zero-order chi connectivity index (χ0) is 19.4. The van der Waals surface area contributed by atoms with Gasteiger partial charge in [0, 0.05) is 12.1 Å². The lowest BCUT2D eigenvalue weighted by Gasteiger charge is -2.11. The molecule has 0 atom stereocenters. The van der Waals surface area contributed by atoms with Crippen molar-refractivity contribution in [3.05, 3.63) is 46.6 Å². The van der Waals surface area contributed by atoms with Gasteiger partial charge in [0.25, 0.3) is 0 Å². The van der Waals surface area contributed by atoms with Crippen LogP contribution in [0.1, 0.15) is 24.2 Å². The number of ketones is 1.